The molecule has 6 nitrogen and oxygen atoms in total. The summed E-state index contributed by atoms with van der Waals surface area (Å²) in [6, 6.07) is 1.11. The molecule has 1 N–H and O–H groups in total. The highest BCUT2D eigenvalue weighted by Gasteiger charge is 2.30. The monoisotopic (exact) mass is 295 g/mol. The first kappa shape index (κ1) is 16.4. The number of aromatic nitrogens is 2. The van der Waals surface area contributed by atoms with Crippen molar-refractivity contribution in [1.82, 2.24) is 14.0 Å². The van der Waals surface area contributed by atoms with Crippen LogP contribution in [0, 0.1) is 0 Å². The Balaban J connectivity index is 3.06. The molecule has 1 aromatic rings. The minimum atomic E-state index is -4.42. The average molecular weight is 295 g/mol. The third-order valence-electron chi connectivity index (χ3n) is 2.83. The highest BCUT2D eigenvalue weighted by atomic mass is 19.4. The lowest BCUT2D eigenvalue weighted by atomic mass is 10.3. The Kier molecular flexibility index (Phi) is 5.12. The number of nitrogens with zero attached hydrogens (tertiary/aromatic N) is 3. The molecule has 114 valence electrons. The largest absolute Gasteiger partial charge is 0.401 e. The zero-order valence-corrected chi connectivity index (χ0v) is 11.1. The summed E-state index contributed by atoms with van der Waals surface area (Å²) < 4.78 is 39.2. The fourth-order valence-corrected chi connectivity index (χ4v) is 1.77. The number of alkyl halides is 3. The molecule has 1 heterocycles. The Morgan fingerprint density at radius 3 is 2.35 bits per heavy atom. The van der Waals surface area contributed by atoms with E-state index in [2.05, 4.69) is 0 Å². The van der Waals surface area contributed by atoms with Gasteiger partial charge in [-0.25, -0.2) is 4.79 Å². The summed E-state index contributed by atoms with van der Waals surface area (Å²) in [6.45, 7) is -2.13. The summed E-state index contributed by atoms with van der Waals surface area (Å²) >= 11 is 0. The molecule has 0 saturated heterocycles. The van der Waals surface area contributed by atoms with Gasteiger partial charge in [-0.2, -0.15) is 13.2 Å². The molecule has 0 unspecified atom stereocenters. The fourth-order valence-electron chi connectivity index (χ4n) is 1.77. The lowest BCUT2D eigenvalue weighted by Crippen LogP contribution is -2.41. The van der Waals surface area contributed by atoms with Crippen molar-refractivity contribution in [3.8, 4) is 0 Å². The van der Waals surface area contributed by atoms with Crippen LogP contribution in [-0.4, -0.2) is 45.0 Å². The van der Waals surface area contributed by atoms with Gasteiger partial charge >= 0.3 is 11.9 Å². The first-order valence-corrected chi connectivity index (χ1v) is 5.81. The van der Waals surface area contributed by atoms with Crippen LogP contribution in [0.25, 0.3) is 0 Å². The number of rotatable bonds is 5. The standard InChI is InChI=1S/C11H16F3N3O3/c1-15-8(5-9(19)16(2)10(15)20)6-17(3-4-18)7-11(12,13)14/h5,18H,3-4,6-7H2,1-2H3. The van der Waals surface area contributed by atoms with Gasteiger partial charge in [-0.1, -0.05) is 0 Å². The van der Waals surface area contributed by atoms with Gasteiger partial charge in [-0.05, 0) is 0 Å². The second-order valence-corrected chi connectivity index (χ2v) is 4.42. The van der Waals surface area contributed by atoms with Gasteiger partial charge in [0.2, 0.25) is 0 Å². The first-order chi connectivity index (χ1) is 9.15. The second-order valence-electron chi connectivity index (χ2n) is 4.42. The normalized spacial score (nSPS) is 12.2. The minimum Gasteiger partial charge on any atom is -0.395 e. The Morgan fingerprint density at radius 2 is 1.85 bits per heavy atom. The maximum atomic E-state index is 12.4. The van der Waals surface area contributed by atoms with E-state index in [1.54, 1.807) is 0 Å². The predicted octanol–water partition coefficient (Wildman–Crippen LogP) is -0.559. The molecule has 20 heavy (non-hydrogen) atoms. The van der Waals surface area contributed by atoms with Gasteiger partial charge in [0.25, 0.3) is 5.56 Å². The smallest absolute Gasteiger partial charge is 0.395 e. The van der Waals surface area contributed by atoms with Crippen molar-refractivity contribution < 1.29 is 18.3 Å². The van der Waals surface area contributed by atoms with Crippen LogP contribution in [0.5, 0.6) is 0 Å². The SMILES string of the molecule is Cn1c(CN(CCO)CC(F)(F)F)cc(=O)n(C)c1=O. The molecule has 0 radical (unpaired) electrons. The summed E-state index contributed by atoms with van der Waals surface area (Å²) in [5.41, 5.74) is -1.03. The Labute approximate surface area is 112 Å². The van der Waals surface area contributed by atoms with Crippen molar-refractivity contribution in [1.29, 1.82) is 0 Å². The molecular weight excluding hydrogens is 279 g/mol. The Hall–Kier alpha value is -1.61. The van der Waals surface area contributed by atoms with Crippen LogP contribution in [0.4, 0.5) is 13.2 Å². The molecule has 0 aliphatic carbocycles. The van der Waals surface area contributed by atoms with Crippen molar-refractivity contribution in [3.05, 3.63) is 32.6 Å². The summed E-state index contributed by atoms with van der Waals surface area (Å²) in [6.07, 6.45) is -4.42. The van der Waals surface area contributed by atoms with Gasteiger partial charge in [0.15, 0.2) is 0 Å². The van der Waals surface area contributed by atoms with Crippen LogP contribution in [0.2, 0.25) is 0 Å². The maximum Gasteiger partial charge on any atom is 0.401 e. The van der Waals surface area contributed by atoms with E-state index in [-0.39, 0.29) is 18.8 Å². The number of hydrogen-bond donors (Lipinski definition) is 1. The van der Waals surface area contributed by atoms with Gasteiger partial charge < -0.3 is 5.11 Å². The van der Waals surface area contributed by atoms with Gasteiger partial charge in [-0.3, -0.25) is 18.8 Å². The van der Waals surface area contributed by atoms with Crippen molar-refractivity contribution in [2.45, 2.75) is 12.7 Å². The quantitative estimate of drug-likeness (QED) is 0.791. The Bertz CT molecular complexity index is 577. The van der Waals surface area contributed by atoms with Crippen molar-refractivity contribution >= 4 is 0 Å². The number of hydrogen-bond acceptors (Lipinski definition) is 4. The van der Waals surface area contributed by atoms with Gasteiger partial charge in [-0.15, -0.1) is 0 Å². The third-order valence-corrected chi connectivity index (χ3v) is 2.83. The van der Waals surface area contributed by atoms with E-state index in [4.69, 9.17) is 5.11 Å². The number of halogens is 3. The summed E-state index contributed by atoms with van der Waals surface area (Å²) in [5.74, 6) is 0. The topological polar surface area (TPSA) is 67.5 Å². The lowest BCUT2D eigenvalue weighted by Gasteiger charge is -2.23. The van der Waals surface area contributed by atoms with E-state index in [0.29, 0.717) is 0 Å². The van der Waals surface area contributed by atoms with Crippen molar-refractivity contribution in [2.75, 3.05) is 19.7 Å². The molecule has 0 fully saturated rings. The summed E-state index contributed by atoms with van der Waals surface area (Å²) in [4.78, 5) is 24.1. The lowest BCUT2D eigenvalue weighted by molar-refractivity contribution is -0.148. The zero-order valence-electron chi connectivity index (χ0n) is 11.1. The highest BCUT2D eigenvalue weighted by Crippen LogP contribution is 2.17. The first-order valence-electron chi connectivity index (χ1n) is 5.81. The van der Waals surface area contributed by atoms with E-state index in [1.165, 1.54) is 14.1 Å². The van der Waals surface area contributed by atoms with Crippen LogP contribution < -0.4 is 11.2 Å². The predicted molar refractivity (Wildman–Crippen MR) is 65.3 cm³/mol. The van der Waals surface area contributed by atoms with Crippen LogP contribution in [-0.2, 0) is 20.6 Å². The van der Waals surface area contributed by atoms with E-state index in [1.807, 2.05) is 0 Å². The third kappa shape index (κ3) is 4.20. The van der Waals surface area contributed by atoms with Crippen LogP contribution in [0.3, 0.4) is 0 Å². The summed E-state index contributed by atoms with van der Waals surface area (Å²) in [7, 11) is 2.66. The molecule has 0 saturated carbocycles. The molecule has 0 atom stereocenters. The summed E-state index contributed by atoms with van der Waals surface area (Å²) in [5, 5.41) is 8.79. The molecule has 1 rings (SSSR count). The van der Waals surface area contributed by atoms with Crippen LogP contribution in [0.1, 0.15) is 5.69 Å². The van der Waals surface area contributed by atoms with Crippen LogP contribution >= 0.6 is 0 Å². The Morgan fingerprint density at radius 1 is 1.25 bits per heavy atom. The molecule has 1 aromatic heterocycles. The molecule has 0 bridgehead atoms. The number of aliphatic hydroxyl groups is 1. The molecule has 9 heteroatoms. The minimum absolute atomic E-state index is 0.163. The van der Waals surface area contributed by atoms with Gasteiger partial charge in [0, 0.05) is 38.9 Å². The van der Waals surface area contributed by atoms with Crippen molar-refractivity contribution in [2.24, 2.45) is 14.1 Å². The molecule has 0 amide bonds. The molecule has 0 aliphatic heterocycles. The number of aliphatic hydroxyl groups excluding tert-OH is 1. The zero-order chi connectivity index (χ0) is 15.5. The van der Waals surface area contributed by atoms with E-state index in [0.717, 1.165) is 20.1 Å². The van der Waals surface area contributed by atoms with Crippen LogP contribution in [0.15, 0.2) is 15.7 Å². The van der Waals surface area contributed by atoms with E-state index >= 15 is 0 Å². The van der Waals surface area contributed by atoms with Crippen molar-refractivity contribution in [3.63, 3.8) is 0 Å². The van der Waals surface area contributed by atoms with E-state index in [9.17, 15) is 22.8 Å². The van der Waals surface area contributed by atoms with E-state index < -0.39 is 30.6 Å². The maximum absolute atomic E-state index is 12.4. The van der Waals surface area contributed by atoms with Gasteiger partial charge in [0.05, 0.1) is 13.2 Å². The second kappa shape index (κ2) is 6.23. The molecule has 0 aromatic carbocycles. The average Bonchev–Trinajstić information content (AvgIpc) is 2.31. The van der Waals surface area contributed by atoms with Gasteiger partial charge in [0.1, 0.15) is 0 Å². The molecule has 0 aliphatic rings. The highest BCUT2D eigenvalue weighted by molar-refractivity contribution is 5.02. The fraction of sp³-hybridized carbons (Fsp3) is 0.636. The molecule has 0 spiro atoms. The molecular formula is C11H16F3N3O3.